The third kappa shape index (κ3) is 5.92. The summed E-state index contributed by atoms with van der Waals surface area (Å²) in [6.45, 7) is 8.41. The molecule has 1 fully saturated rings. The maximum atomic E-state index is 12.4. The van der Waals surface area contributed by atoms with Gasteiger partial charge in [-0.2, -0.15) is 0 Å². The second kappa shape index (κ2) is 10.3. The van der Waals surface area contributed by atoms with Gasteiger partial charge in [-0.3, -0.25) is 4.79 Å². The van der Waals surface area contributed by atoms with E-state index in [-0.39, 0.29) is 18.0 Å². The van der Waals surface area contributed by atoms with E-state index in [1.807, 2.05) is 25.1 Å². The Morgan fingerprint density at radius 3 is 2.56 bits per heavy atom. The maximum Gasteiger partial charge on any atom is 0.237 e. The van der Waals surface area contributed by atoms with Gasteiger partial charge >= 0.3 is 0 Å². The van der Waals surface area contributed by atoms with E-state index in [0.29, 0.717) is 13.2 Å². The summed E-state index contributed by atoms with van der Waals surface area (Å²) >= 11 is 0. The number of amides is 1. The number of ether oxygens (including phenoxy) is 2. The monoisotopic (exact) mass is 348 g/mol. The van der Waals surface area contributed by atoms with Crippen LogP contribution in [0.2, 0.25) is 0 Å². The summed E-state index contributed by atoms with van der Waals surface area (Å²) in [6, 6.07) is 5.79. The van der Waals surface area contributed by atoms with Gasteiger partial charge in [0.25, 0.3) is 0 Å². The van der Waals surface area contributed by atoms with Crippen LogP contribution in [0, 0.1) is 0 Å². The highest BCUT2D eigenvalue weighted by Crippen LogP contribution is 2.31. The fourth-order valence-electron chi connectivity index (χ4n) is 2.92. The van der Waals surface area contributed by atoms with Crippen LogP contribution in [0.3, 0.4) is 0 Å². The molecule has 0 aromatic heterocycles. The van der Waals surface area contributed by atoms with Crippen LogP contribution in [0.4, 0.5) is 0 Å². The van der Waals surface area contributed by atoms with Crippen molar-refractivity contribution in [2.24, 2.45) is 0 Å². The van der Waals surface area contributed by atoms with E-state index in [1.165, 1.54) is 0 Å². The van der Waals surface area contributed by atoms with Crippen LogP contribution >= 0.6 is 0 Å². The molecule has 1 amide bonds. The number of rotatable bonds is 9. The average Bonchev–Trinajstić information content (AvgIpc) is 2.65. The topological polar surface area (TPSA) is 59.6 Å². The second-order valence-electron chi connectivity index (χ2n) is 6.64. The zero-order valence-corrected chi connectivity index (χ0v) is 15.8. The Labute approximate surface area is 151 Å². The zero-order chi connectivity index (χ0) is 18.1. The minimum atomic E-state index is -0.0702. The normalized spacial score (nSPS) is 18.4. The SMILES string of the molecule is CCCOc1ccc(C(C)NC(=O)C2CCCCN2)cc1OCCC. The van der Waals surface area contributed by atoms with Crippen LogP contribution < -0.4 is 20.1 Å². The molecule has 1 saturated heterocycles. The van der Waals surface area contributed by atoms with Gasteiger partial charge < -0.3 is 20.1 Å². The van der Waals surface area contributed by atoms with E-state index in [9.17, 15) is 4.79 Å². The highest BCUT2D eigenvalue weighted by Gasteiger charge is 2.22. The molecule has 0 bridgehead atoms. The highest BCUT2D eigenvalue weighted by molar-refractivity contribution is 5.82. The van der Waals surface area contributed by atoms with Crippen LogP contribution in [0.25, 0.3) is 0 Å². The van der Waals surface area contributed by atoms with Crippen molar-refractivity contribution in [2.75, 3.05) is 19.8 Å². The molecule has 1 aromatic rings. The van der Waals surface area contributed by atoms with Crippen LogP contribution in [0.1, 0.15) is 64.5 Å². The Morgan fingerprint density at radius 2 is 1.92 bits per heavy atom. The van der Waals surface area contributed by atoms with E-state index < -0.39 is 0 Å². The lowest BCUT2D eigenvalue weighted by Crippen LogP contribution is -2.47. The molecule has 0 aliphatic carbocycles. The first-order chi connectivity index (χ1) is 12.2. The summed E-state index contributed by atoms with van der Waals surface area (Å²) in [6.07, 6.45) is 5.06. The number of nitrogens with one attached hydrogen (secondary N) is 2. The molecular formula is C20H32N2O3. The van der Waals surface area contributed by atoms with Gasteiger partial charge in [0.2, 0.25) is 5.91 Å². The van der Waals surface area contributed by atoms with Crippen molar-refractivity contribution < 1.29 is 14.3 Å². The van der Waals surface area contributed by atoms with Gasteiger partial charge in [-0.1, -0.05) is 26.3 Å². The molecular weight excluding hydrogens is 316 g/mol. The third-order valence-corrected chi connectivity index (χ3v) is 4.38. The van der Waals surface area contributed by atoms with Crippen LogP contribution in [0.15, 0.2) is 18.2 Å². The van der Waals surface area contributed by atoms with Gasteiger partial charge in [0.05, 0.1) is 25.3 Å². The van der Waals surface area contributed by atoms with Crippen molar-refractivity contribution in [3.05, 3.63) is 23.8 Å². The van der Waals surface area contributed by atoms with Gasteiger partial charge in [-0.05, 0) is 56.8 Å². The predicted molar refractivity (Wildman–Crippen MR) is 100 cm³/mol. The summed E-state index contributed by atoms with van der Waals surface area (Å²) in [5.74, 6) is 1.60. The van der Waals surface area contributed by atoms with Gasteiger partial charge in [0.15, 0.2) is 11.5 Å². The fourth-order valence-corrected chi connectivity index (χ4v) is 2.92. The lowest BCUT2D eigenvalue weighted by atomic mass is 10.0. The molecule has 2 N–H and O–H groups in total. The number of hydrogen-bond acceptors (Lipinski definition) is 4. The first kappa shape index (κ1) is 19.6. The van der Waals surface area contributed by atoms with Crippen molar-refractivity contribution in [2.45, 2.75) is 65.0 Å². The molecule has 2 rings (SSSR count). The Hall–Kier alpha value is -1.75. The largest absolute Gasteiger partial charge is 0.490 e. The number of hydrogen-bond donors (Lipinski definition) is 2. The molecule has 140 valence electrons. The fraction of sp³-hybridized carbons (Fsp3) is 0.650. The molecule has 5 nitrogen and oxygen atoms in total. The molecule has 2 unspecified atom stereocenters. The first-order valence-corrected chi connectivity index (χ1v) is 9.59. The lowest BCUT2D eigenvalue weighted by Gasteiger charge is -2.25. The number of carbonyl (C=O) groups is 1. The van der Waals surface area contributed by atoms with E-state index in [4.69, 9.17) is 9.47 Å². The van der Waals surface area contributed by atoms with Gasteiger partial charge in [-0.15, -0.1) is 0 Å². The standard InChI is InChI=1S/C20H32N2O3/c1-4-12-24-18-10-9-16(14-19(18)25-13-5-2)15(3)22-20(23)17-8-6-7-11-21-17/h9-10,14-15,17,21H,4-8,11-13H2,1-3H3,(H,22,23). The quantitative estimate of drug-likeness (QED) is 0.716. The minimum Gasteiger partial charge on any atom is -0.490 e. The van der Waals surface area contributed by atoms with Crippen molar-refractivity contribution in [3.8, 4) is 11.5 Å². The summed E-state index contributed by atoms with van der Waals surface area (Å²) in [5.41, 5.74) is 1.03. The van der Waals surface area contributed by atoms with E-state index in [1.54, 1.807) is 0 Å². The Balaban J connectivity index is 2.04. The molecule has 1 heterocycles. The third-order valence-electron chi connectivity index (χ3n) is 4.38. The van der Waals surface area contributed by atoms with Gasteiger partial charge in [0, 0.05) is 0 Å². The summed E-state index contributed by atoms with van der Waals surface area (Å²) in [4.78, 5) is 12.4. The van der Waals surface area contributed by atoms with E-state index in [2.05, 4.69) is 24.5 Å². The molecule has 1 aliphatic heterocycles. The zero-order valence-electron chi connectivity index (χ0n) is 15.8. The van der Waals surface area contributed by atoms with Gasteiger partial charge in [-0.25, -0.2) is 0 Å². The molecule has 1 aliphatic rings. The predicted octanol–water partition coefficient (Wildman–Crippen LogP) is 3.58. The number of carbonyl (C=O) groups excluding carboxylic acids is 1. The van der Waals surface area contributed by atoms with Crippen LogP contribution in [-0.4, -0.2) is 31.7 Å². The minimum absolute atomic E-state index is 0.0690. The molecule has 0 spiro atoms. The van der Waals surface area contributed by atoms with Crippen molar-refractivity contribution in [1.29, 1.82) is 0 Å². The summed E-state index contributed by atoms with van der Waals surface area (Å²) in [5, 5.41) is 6.40. The van der Waals surface area contributed by atoms with Crippen molar-refractivity contribution in [3.63, 3.8) is 0 Å². The van der Waals surface area contributed by atoms with E-state index in [0.717, 1.165) is 55.7 Å². The average molecular weight is 348 g/mol. The van der Waals surface area contributed by atoms with Gasteiger partial charge in [0.1, 0.15) is 0 Å². The molecule has 0 saturated carbocycles. The molecule has 5 heteroatoms. The highest BCUT2D eigenvalue weighted by atomic mass is 16.5. The molecule has 1 aromatic carbocycles. The van der Waals surface area contributed by atoms with Crippen LogP contribution in [-0.2, 0) is 4.79 Å². The van der Waals surface area contributed by atoms with Crippen LogP contribution in [0.5, 0.6) is 11.5 Å². The molecule has 0 radical (unpaired) electrons. The number of benzene rings is 1. The Kier molecular flexibility index (Phi) is 8.06. The summed E-state index contributed by atoms with van der Waals surface area (Å²) < 4.78 is 11.6. The molecule has 25 heavy (non-hydrogen) atoms. The van der Waals surface area contributed by atoms with E-state index >= 15 is 0 Å². The smallest absolute Gasteiger partial charge is 0.237 e. The summed E-state index contributed by atoms with van der Waals surface area (Å²) in [7, 11) is 0. The Bertz CT molecular complexity index is 542. The Morgan fingerprint density at radius 1 is 1.20 bits per heavy atom. The maximum absolute atomic E-state index is 12.4. The first-order valence-electron chi connectivity index (χ1n) is 9.59. The van der Waals surface area contributed by atoms with Crippen molar-refractivity contribution in [1.82, 2.24) is 10.6 Å². The van der Waals surface area contributed by atoms with Crippen molar-refractivity contribution >= 4 is 5.91 Å². The number of piperidine rings is 1. The molecule has 2 atom stereocenters. The second-order valence-corrected chi connectivity index (χ2v) is 6.64. The lowest BCUT2D eigenvalue weighted by molar-refractivity contribution is -0.124.